The first-order chi connectivity index (χ1) is 43.0. The van der Waals surface area contributed by atoms with E-state index in [-0.39, 0.29) is 78.6 Å². The first kappa shape index (κ1) is 65.5. The molecule has 6 unspecified atom stereocenters. The molecule has 17 nitrogen and oxygen atoms in total. The number of anilines is 2. The van der Waals surface area contributed by atoms with Crippen LogP contribution in [0.2, 0.25) is 25.7 Å². The normalized spacial score (nSPS) is 20.4. The molecule has 5 aliphatic rings. The minimum Gasteiger partial charge on any atom is -0.468 e. The Morgan fingerprint density at radius 3 is 1.30 bits per heavy atom. The van der Waals surface area contributed by atoms with Crippen molar-refractivity contribution in [3.8, 4) is 0 Å². The molecule has 5 aliphatic heterocycles. The molecule has 6 amide bonds. The summed E-state index contributed by atoms with van der Waals surface area (Å²) in [6.07, 6.45) is 7.16. The van der Waals surface area contributed by atoms with Gasteiger partial charge in [-0.05, 0) is 88.7 Å². The van der Waals surface area contributed by atoms with Gasteiger partial charge in [0.2, 0.25) is 0 Å². The summed E-state index contributed by atoms with van der Waals surface area (Å²) < 4.78 is 15.1. The number of benzene rings is 6. The second kappa shape index (κ2) is 30.1. The van der Waals surface area contributed by atoms with Gasteiger partial charge < -0.3 is 29.7 Å². The van der Waals surface area contributed by atoms with Gasteiger partial charge in [-0.3, -0.25) is 33.8 Å². The largest absolute Gasteiger partial charge is 0.468 e. The molecule has 5 saturated heterocycles. The van der Waals surface area contributed by atoms with Crippen molar-refractivity contribution in [2.45, 2.75) is 137 Å². The van der Waals surface area contributed by atoms with Crippen molar-refractivity contribution in [3.63, 3.8) is 0 Å². The molecule has 6 aromatic carbocycles. The van der Waals surface area contributed by atoms with E-state index in [1.54, 1.807) is 23.5 Å². The summed E-state index contributed by atoms with van der Waals surface area (Å²) >= 11 is 6.90. The SMILES string of the molecule is COC(=O)CSCCc1c2ccccc2c(N2C(=O)NC3C(CCCCC(=O)OCC[Si](C)(C)C)SCC32)c2ccccc12.COC(=O)CSCCc1c2ccccc2c(N2C(=O)NC3C(CCCCC(=O)ON4C(=O)CCC4=O)SCC32)c2ccccc12. The maximum absolute atomic E-state index is 13.7. The Labute approximate surface area is 537 Å². The van der Waals surface area contributed by atoms with E-state index in [1.807, 2.05) is 69.7 Å². The van der Waals surface area contributed by atoms with E-state index < -0.39 is 25.9 Å². The fourth-order valence-corrected chi connectivity index (χ4v) is 18.2. The summed E-state index contributed by atoms with van der Waals surface area (Å²) in [5.74, 6) is 1.80. The minimum absolute atomic E-state index is 0.0158. The topological polar surface area (TPSA) is 207 Å². The Hall–Kier alpha value is -6.46. The molecule has 5 fully saturated rings. The van der Waals surface area contributed by atoms with Crippen molar-refractivity contribution in [3.05, 3.63) is 108 Å². The molecule has 11 rings (SSSR count). The van der Waals surface area contributed by atoms with Gasteiger partial charge >= 0.3 is 35.9 Å². The molecule has 0 radical (unpaired) electrons. The van der Waals surface area contributed by atoms with Crippen LogP contribution in [0.1, 0.15) is 75.3 Å². The number of aryl methyl sites for hydroxylation is 2. The van der Waals surface area contributed by atoms with E-state index in [2.05, 4.69) is 90.9 Å². The van der Waals surface area contributed by atoms with Crippen molar-refractivity contribution < 1.29 is 57.4 Å². The zero-order chi connectivity index (χ0) is 62.8. The van der Waals surface area contributed by atoms with Crippen LogP contribution in [0.4, 0.5) is 21.0 Å². The predicted molar refractivity (Wildman–Crippen MR) is 362 cm³/mol. The van der Waals surface area contributed by atoms with E-state index in [0.717, 1.165) is 128 Å². The molecule has 6 aromatic rings. The number of nitrogens with zero attached hydrogens (tertiary/aromatic N) is 3. The first-order valence-corrected chi connectivity index (χ1v) is 38.9. The lowest BCUT2D eigenvalue weighted by Crippen LogP contribution is -2.38. The highest BCUT2D eigenvalue weighted by Gasteiger charge is 2.51. The van der Waals surface area contributed by atoms with Gasteiger partial charge in [0.25, 0.3) is 11.8 Å². The molecule has 0 spiro atoms. The predicted octanol–water partition coefficient (Wildman–Crippen LogP) is 12.3. The lowest BCUT2D eigenvalue weighted by molar-refractivity contribution is -0.197. The molecular weight excluding hydrogens is 1220 g/mol. The Morgan fingerprint density at radius 2 is 0.921 bits per heavy atom. The average Bonchev–Trinajstić information content (AvgIpc) is 1.72. The summed E-state index contributed by atoms with van der Waals surface area (Å²) in [5, 5.41) is 16.4. The molecule has 5 heterocycles. The van der Waals surface area contributed by atoms with Crippen LogP contribution < -0.4 is 20.4 Å². The third-order valence-corrected chi connectivity index (χ3v) is 23.8. The highest BCUT2D eigenvalue weighted by atomic mass is 32.2. The number of urea groups is 2. The smallest absolute Gasteiger partial charge is 0.333 e. The molecule has 0 aliphatic carbocycles. The number of rotatable bonds is 26. The van der Waals surface area contributed by atoms with Crippen molar-refractivity contribution in [2.24, 2.45) is 0 Å². The zero-order valence-electron chi connectivity index (χ0n) is 51.2. The molecule has 89 heavy (non-hydrogen) atoms. The van der Waals surface area contributed by atoms with E-state index in [0.29, 0.717) is 41.3 Å². The third-order valence-electron chi connectivity index (χ3n) is 17.2. The Balaban J connectivity index is 0.000000196. The summed E-state index contributed by atoms with van der Waals surface area (Å²) in [6.45, 7) is 7.39. The highest BCUT2D eigenvalue weighted by Crippen LogP contribution is 2.48. The number of methoxy groups -OCH3 is 2. The molecule has 2 N–H and O–H groups in total. The zero-order valence-corrected chi connectivity index (χ0v) is 55.5. The second-order valence-electron chi connectivity index (χ2n) is 24.2. The second-order valence-corrected chi connectivity index (χ2v) is 34.6. The van der Waals surface area contributed by atoms with Gasteiger partial charge in [0.05, 0.1) is 67.9 Å². The van der Waals surface area contributed by atoms with E-state index in [4.69, 9.17) is 19.0 Å². The van der Waals surface area contributed by atoms with Gasteiger partial charge in [0, 0.05) is 77.3 Å². The van der Waals surface area contributed by atoms with Gasteiger partial charge in [0.15, 0.2) is 0 Å². The van der Waals surface area contributed by atoms with E-state index >= 15 is 0 Å². The van der Waals surface area contributed by atoms with Crippen molar-refractivity contribution in [1.82, 2.24) is 15.7 Å². The van der Waals surface area contributed by atoms with Crippen LogP contribution >= 0.6 is 47.0 Å². The van der Waals surface area contributed by atoms with Crippen LogP contribution in [0.25, 0.3) is 43.1 Å². The number of thioether (sulfide) groups is 4. The Morgan fingerprint density at radius 1 is 0.539 bits per heavy atom. The van der Waals surface area contributed by atoms with Gasteiger partial charge in [-0.1, -0.05) is 130 Å². The van der Waals surface area contributed by atoms with E-state index in [1.165, 1.54) is 25.3 Å². The number of unbranched alkanes of at least 4 members (excludes halogenated alkanes) is 2. The number of nitrogens with one attached hydrogen (secondary N) is 2. The van der Waals surface area contributed by atoms with Gasteiger partial charge in [0.1, 0.15) is 0 Å². The lowest BCUT2D eigenvalue weighted by atomic mass is 9.92. The average molecular weight is 1300 g/mol. The van der Waals surface area contributed by atoms with Crippen LogP contribution in [-0.4, -0.2) is 151 Å². The summed E-state index contributed by atoms with van der Waals surface area (Å²) in [5.41, 5.74) is 4.35. The van der Waals surface area contributed by atoms with Crippen LogP contribution in [-0.2, 0) is 60.7 Å². The standard InChI is InChI=1S/C34H44N2O5S2Si.C33H35N3O7S2/c1-40-31(38)22-42-19-17-25-23-11-5-7-13-26(23)33(27-14-8-6-12-24(25)27)36-28-21-43-29(32(28)35-34(36)39)15-9-10-16-30(37)41-18-20-44(2,3)4;1-42-30(40)19-44-17-16-22-20-8-2-4-10-23(20)32(24-11-5-3-9-21(22)24)35-25-18-45-26(31(25)34-33(35)41)12-6-7-13-29(39)43-36-27(37)14-15-28(36)38/h5-8,11-14,28-29,32H,9-10,15-22H2,1-4H3,(H,35,39);2-5,8-11,25-26,31H,6-7,12-19H2,1H3,(H,34,41). The van der Waals surface area contributed by atoms with Crippen LogP contribution in [0.15, 0.2) is 97.1 Å². The number of amides is 6. The monoisotopic (exact) mass is 1300 g/mol. The number of carbonyl (C=O) groups excluding carboxylic acids is 8. The molecule has 0 aromatic heterocycles. The summed E-state index contributed by atoms with van der Waals surface area (Å²) in [4.78, 5) is 107. The van der Waals surface area contributed by atoms with E-state index in [9.17, 15) is 38.4 Å². The Kier molecular flexibility index (Phi) is 22.2. The van der Waals surface area contributed by atoms with Gasteiger partial charge in [-0.25, -0.2) is 14.4 Å². The number of hydroxylamine groups is 2. The van der Waals surface area contributed by atoms with Crippen LogP contribution in [0.5, 0.6) is 0 Å². The quantitative estimate of drug-likeness (QED) is 0.00985. The maximum Gasteiger partial charge on any atom is 0.333 e. The first-order valence-electron chi connectivity index (χ1n) is 30.8. The van der Waals surface area contributed by atoms with Crippen molar-refractivity contribution in [1.29, 1.82) is 0 Å². The fourth-order valence-electron chi connectivity index (χ4n) is 12.8. The van der Waals surface area contributed by atoms with Crippen molar-refractivity contribution in [2.75, 3.05) is 65.1 Å². The summed E-state index contributed by atoms with van der Waals surface area (Å²) in [6, 6.07) is 34.2. The van der Waals surface area contributed by atoms with Gasteiger partial charge in [-0.2, -0.15) is 23.5 Å². The number of ether oxygens (including phenoxy) is 3. The number of carbonyl (C=O) groups is 8. The number of hydrogen-bond acceptors (Lipinski definition) is 16. The molecule has 472 valence electrons. The number of hydrogen-bond donors (Lipinski definition) is 2. The maximum atomic E-state index is 13.7. The molecule has 0 bridgehead atoms. The number of esters is 3. The highest BCUT2D eigenvalue weighted by molar-refractivity contribution is 8.00. The number of imide groups is 1. The molecular formula is C67H79N5O12S4Si. The Bertz CT molecular complexity index is 3510. The minimum atomic E-state index is -1.21. The third kappa shape index (κ3) is 15.3. The van der Waals surface area contributed by atoms with Crippen molar-refractivity contribution >= 4 is 157 Å². The fraction of sp³-hybridized carbons (Fsp3) is 0.463. The lowest BCUT2D eigenvalue weighted by Gasteiger charge is -2.27. The molecule has 6 atom stereocenters. The summed E-state index contributed by atoms with van der Waals surface area (Å²) in [7, 11) is 1.61. The van der Waals surface area contributed by atoms with Crippen LogP contribution in [0.3, 0.4) is 0 Å². The number of fused-ring (bicyclic) bond motifs is 6. The van der Waals surface area contributed by atoms with Crippen LogP contribution in [0, 0.1) is 0 Å². The van der Waals surface area contributed by atoms with Gasteiger partial charge in [-0.15, -0.1) is 28.6 Å². The molecule has 22 heteroatoms. The molecule has 0 saturated carbocycles.